The lowest BCUT2D eigenvalue weighted by Crippen LogP contribution is -2.31. The van der Waals surface area contributed by atoms with E-state index in [1.54, 1.807) is 0 Å². The first-order valence-corrected chi connectivity index (χ1v) is 13.5. The first-order chi connectivity index (χ1) is 16.1. The highest BCUT2D eigenvalue weighted by Gasteiger charge is 2.15. The van der Waals surface area contributed by atoms with Crippen molar-refractivity contribution in [3.8, 4) is 0 Å². The first kappa shape index (κ1) is 26.0. The van der Waals surface area contributed by atoms with Crippen molar-refractivity contribution >= 4 is 33.1 Å². The van der Waals surface area contributed by atoms with Gasteiger partial charge in [0.25, 0.3) is 0 Å². The number of nitrogens with zero attached hydrogens (tertiary/aromatic N) is 1. The molecule has 0 spiro atoms. The summed E-state index contributed by atoms with van der Waals surface area (Å²) in [5.41, 5.74) is 0.997. The summed E-state index contributed by atoms with van der Waals surface area (Å²) in [6.07, 6.45) is 12.4. The fourth-order valence-electron chi connectivity index (χ4n) is 4.77. The average Bonchev–Trinajstić information content (AvgIpc) is 2.83. The van der Waals surface area contributed by atoms with Gasteiger partial charge in [-0.05, 0) is 71.2 Å². The molecule has 1 atom stereocenters. The molecule has 0 fully saturated rings. The highest BCUT2D eigenvalue weighted by Crippen LogP contribution is 2.30. The predicted molar refractivity (Wildman–Crippen MR) is 145 cm³/mol. The second-order valence-corrected chi connectivity index (χ2v) is 9.99. The van der Waals surface area contributed by atoms with Crippen molar-refractivity contribution in [1.29, 1.82) is 0 Å². The highest BCUT2D eigenvalue weighted by molar-refractivity contribution is 6.31. The minimum Gasteiger partial charge on any atom is -0.387 e. The molecule has 0 aliphatic heterocycles. The van der Waals surface area contributed by atoms with Crippen molar-refractivity contribution in [2.45, 2.75) is 84.2 Å². The Bertz CT molecular complexity index is 972. The zero-order valence-electron chi connectivity index (χ0n) is 20.7. The number of rotatable bonds is 15. The third-order valence-electron chi connectivity index (χ3n) is 6.80. The standard InChI is InChI=1S/C30H42ClNO/c1-3-5-7-9-11-19-32(20-12-10-8-6-4-2)23-30(33)26-16-15-24-13-14-25-17-18-27(31)22-29(25)28(24)21-26/h13-18,21-22,30,33H,3-12,19-20,23H2,1-2H3/t30-/m1/s1. The summed E-state index contributed by atoms with van der Waals surface area (Å²) in [4.78, 5) is 2.49. The summed E-state index contributed by atoms with van der Waals surface area (Å²) < 4.78 is 0. The van der Waals surface area contributed by atoms with Crippen molar-refractivity contribution < 1.29 is 5.11 Å². The monoisotopic (exact) mass is 467 g/mol. The molecular formula is C30H42ClNO. The van der Waals surface area contributed by atoms with Crippen molar-refractivity contribution in [2.75, 3.05) is 19.6 Å². The average molecular weight is 468 g/mol. The van der Waals surface area contributed by atoms with Gasteiger partial charge in [0, 0.05) is 11.6 Å². The molecule has 0 aliphatic carbocycles. The van der Waals surface area contributed by atoms with Crippen molar-refractivity contribution in [2.24, 2.45) is 0 Å². The molecule has 0 aliphatic rings. The molecule has 0 aromatic heterocycles. The van der Waals surface area contributed by atoms with Crippen LogP contribution in [0.4, 0.5) is 0 Å². The molecule has 0 bridgehead atoms. The van der Waals surface area contributed by atoms with E-state index in [0.717, 1.165) is 34.4 Å². The summed E-state index contributed by atoms with van der Waals surface area (Å²) in [5.74, 6) is 0. The van der Waals surface area contributed by atoms with Gasteiger partial charge < -0.3 is 10.0 Å². The maximum Gasteiger partial charge on any atom is 0.0917 e. The summed E-state index contributed by atoms with van der Waals surface area (Å²) in [5, 5.41) is 16.6. The highest BCUT2D eigenvalue weighted by atomic mass is 35.5. The molecule has 180 valence electrons. The maximum absolute atomic E-state index is 11.2. The van der Waals surface area contributed by atoms with Gasteiger partial charge in [-0.15, -0.1) is 0 Å². The molecule has 0 saturated heterocycles. The zero-order valence-corrected chi connectivity index (χ0v) is 21.4. The fraction of sp³-hybridized carbons (Fsp3) is 0.533. The lowest BCUT2D eigenvalue weighted by molar-refractivity contribution is 0.110. The van der Waals surface area contributed by atoms with Gasteiger partial charge in [-0.2, -0.15) is 0 Å². The van der Waals surface area contributed by atoms with Crippen LogP contribution in [0.25, 0.3) is 21.5 Å². The molecule has 1 N–H and O–H groups in total. The van der Waals surface area contributed by atoms with Crippen LogP contribution in [0.1, 0.15) is 89.7 Å². The molecule has 0 radical (unpaired) electrons. The van der Waals surface area contributed by atoms with Crippen LogP contribution in [0, 0.1) is 0 Å². The Hall–Kier alpha value is -1.61. The van der Waals surface area contributed by atoms with Gasteiger partial charge in [0.05, 0.1) is 6.10 Å². The Kier molecular flexibility index (Phi) is 11.0. The summed E-state index contributed by atoms with van der Waals surface area (Å²) in [6, 6.07) is 16.7. The number of aliphatic hydroxyl groups excluding tert-OH is 1. The van der Waals surface area contributed by atoms with E-state index in [4.69, 9.17) is 11.6 Å². The molecule has 0 amide bonds. The van der Waals surface area contributed by atoms with Gasteiger partial charge in [0.2, 0.25) is 0 Å². The molecule has 0 saturated carbocycles. The van der Waals surface area contributed by atoms with E-state index in [1.807, 2.05) is 12.1 Å². The van der Waals surface area contributed by atoms with E-state index in [0.29, 0.717) is 6.54 Å². The Morgan fingerprint density at radius 3 is 1.82 bits per heavy atom. The number of fused-ring (bicyclic) bond motifs is 3. The van der Waals surface area contributed by atoms with Crippen LogP contribution in [0.5, 0.6) is 0 Å². The number of hydrogen-bond donors (Lipinski definition) is 1. The van der Waals surface area contributed by atoms with Gasteiger partial charge in [-0.25, -0.2) is 0 Å². The largest absolute Gasteiger partial charge is 0.387 e. The van der Waals surface area contributed by atoms with E-state index >= 15 is 0 Å². The Morgan fingerprint density at radius 2 is 1.21 bits per heavy atom. The SMILES string of the molecule is CCCCCCCN(CCCCCCC)C[C@@H](O)c1ccc2ccc3ccc(Cl)cc3c2c1. The van der Waals surface area contributed by atoms with Crippen LogP contribution in [0.2, 0.25) is 5.02 Å². The Balaban J connectivity index is 1.70. The van der Waals surface area contributed by atoms with Gasteiger partial charge in [-0.3, -0.25) is 0 Å². The fourth-order valence-corrected chi connectivity index (χ4v) is 4.94. The van der Waals surface area contributed by atoms with Gasteiger partial charge >= 0.3 is 0 Å². The Morgan fingerprint density at radius 1 is 0.697 bits per heavy atom. The van der Waals surface area contributed by atoms with E-state index < -0.39 is 6.10 Å². The molecule has 3 aromatic carbocycles. The lowest BCUT2D eigenvalue weighted by atomic mass is 9.98. The molecule has 33 heavy (non-hydrogen) atoms. The van der Waals surface area contributed by atoms with Crippen LogP contribution in [-0.4, -0.2) is 29.6 Å². The topological polar surface area (TPSA) is 23.5 Å². The van der Waals surface area contributed by atoms with Gasteiger partial charge in [0.1, 0.15) is 0 Å². The number of benzene rings is 3. The van der Waals surface area contributed by atoms with E-state index in [2.05, 4.69) is 55.1 Å². The smallest absolute Gasteiger partial charge is 0.0917 e. The molecule has 3 rings (SSSR count). The molecule has 0 unspecified atom stereocenters. The van der Waals surface area contributed by atoms with E-state index in [-0.39, 0.29) is 0 Å². The summed E-state index contributed by atoms with van der Waals surface area (Å²) in [6.45, 7) is 7.40. The first-order valence-electron chi connectivity index (χ1n) is 13.1. The number of hydrogen-bond acceptors (Lipinski definition) is 2. The maximum atomic E-state index is 11.2. The van der Waals surface area contributed by atoms with Crippen molar-refractivity contribution in [3.05, 3.63) is 59.1 Å². The molecular weight excluding hydrogens is 426 g/mol. The van der Waals surface area contributed by atoms with Crippen molar-refractivity contribution in [3.63, 3.8) is 0 Å². The normalized spacial score (nSPS) is 12.8. The number of unbranched alkanes of at least 4 members (excludes halogenated alkanes) is 8. The van der Waals surface area contributed by atoms with Crippen LogP contribution >= 0.6 is 11.6 Å². The lowest BCUT2D eigenvalue weighted by Gasteiger charge is -2.25. The zero-order chi connectivity index (χ0) is 23.5. The second-order valence-electron chi connectivity index (χ2n) is 9.56. The molecule has 3 heteroatoms. The molecule has 3 aromatic rings. The van der Waals surface area contributed by atoms with Crippen molar-refractivity contribution in [1.82, 2.24) is 4.90 Å². The van der Waals surface area contributed by atoms with E-state index in [9.17, 15) is 5.11 Å². The Labute approximate surface area is 205 Å². The third-order valence-corrected chi connectivity index (χ3v) is 7.03. The summed E-state index contributed by atoms with van der Waals surface area (Å²) in [7, 11) is 0. The van der Waals surface area contributed by atoms with Crippen LogP contribution in [0.3, 0.4) is 0 Å². The number of aliphatic hydroxyl groups is 1. The molecule has 2 nitrogen and oxygen atoms in total. The van der Waals surface area contributed by atoms with Gasteiger partial charge in [0.15, 0.2) is 0 Å². The van der Waals surface area contributed by atoms with Gasteiger partial charge in [-0.1, -0.05) is 107 Å². The summed E-state index contributed by atoms with van der Waals surface area (Å²) >= 11 is 6.29. The third kappa shape index (κ3) is 7.98. The minimum absolute atomic E-state index is 0.477. The van der Waals surface area contributed by atoms with Crippen LogP contribution < -0.4 is 0 Å². The van der Waals surface area contributed by atoms with Crippen LogP contribution in [0.15, 0.2) is 48.5 Å². The second kappa shape index (κ2) is 13.9. The van der Waals surface area contributed by atoms with Crippen LogP contribution in [-0.2, 0) is 0 Å². The van der Waals surface area contributed by atoms with E-state index in [1.165, 1.54) is 75.0 Å². The number of halogens is 1. The molecule has 0 heterocycles. The quantitative estimate of drug-likeness (QED) is 0.178. The predicted octanol–water partition coefficient (Wildman–Crippen LogP) is 8.92. The minimum atomic E-state index is -0.477.